The van der Waals surface area contributed by atoms with Gasteiger partial charge in [-0.15, -0.1) is 0 Å². The number of fused-ring (bicyclic) bond motifs is 2. The number of nitrogens with zero attached hydrogens (tertiary/aromatic N) is 1. The molecule has 0 unspecified atom stereocenters. The smallest absolute Gasteiger partial charge is 0.323 e. The van der Waals surface area contributed by atoms with E-state index >= 15 is 0 Å². The van der Waals surface area contributed by atoms with Gasteiger partial charge in [-0.25, -0.2) is 0 Å². The summed E-state index contributed by atoms with van der Waals surface area (Å²) in [6, 6.07) is 12.3. The standard InChI is InChI=1S/C26H23N3O8S2/c1-12-4-3-5-14(8-12)27-17(30)11-37-15-7-6-13(9-16(15)36-2)19-20-22(38-23-21(19)39-26(35)28-23)25(34)29(24(20)33)10-18(31)32/h3-9,19-20,22H,10-11H2,1-2H3,(H,27,30)(H,28,35)(H,31,32)/t19-,20+,22-/m0/s1. The van der Waals surface area contributed by atoms with Crippen LogP contribution in [-0.4, -0.2) is 64.2 Å². The number of hydrogen-bond acceptors (Lipinski definition) is 9. The van der Waals surface area contributed by atoms with Gasteiger partial charge in [0.1, 0.15) is 11.8 Å². The third-order valence-electron chi connectivity index (χ3n) is 6.42. The van der Waals surface area contributed by atoms with Crippen LogP contribution in [0.5, 0.6) is 11.5 Å². The average Bonchev–Trinajstić information content (AvgIpc) is 3.37. The van der Waals surface area contributed by atoms with Crippen molar-refractivity contribution in [2.24, 2.45) is 5.92 Å². The van der Waals surface area contributed by atoms with Crippen LogP contribution in [0, 0.1) is 12.8 Å². The van der Waals surface area contributed by atoms with Gasteiger partial charge in [-0.1, -0.05) is 41.3 Å². The summed E-state index contributed by atoms with van der Waals surface area (Å²) in [6.07, 6.45) is 0. The minimum absolute atomic E-state index is 0.283. The van der Waals surface area contributed by atoms with E-state index in [9.17, 15) is 29.1 Å². The summed E-state index contributed by atoms with van der Waals surface area (Å²) in [6.45, 7) is 0.900. The number of imide groups is 1. The van der Waals surface area contributed by atoms with Crippen LogP contribution in [0.4, 0.5) is 5.69 Å². The molecule has 0 saturated carbocycles. The SMILES string of the molecule is COc1cc([C@@H]2c3sc(=O)[nH]c3S[C@@H]3C(=O)N(CC(=O)O)C(=O)[C@H]23)ccc1OCC(=O)Nc1cccc(C)c1. The number of rotatable bonds is 8. The second-order valence-corrected chi connectivity index (χ2v) is 11.2. The Morgan fingerprint density at radius 2 is 1.90 bits per heavy atom. The van der Waals surface area contributed by atoms with Gasteiger partial charge in [0.05, 0.1) is 18.1 Å². The van der Waals surface area contributed by atoms with Gasteiger partial charge < -0.3 is 24.9 Å². The lowest BCUT2D eigenvalue weighted by Gasteiger charge is -2.30. The van der Waals surface area contributed by atoms with Gasteiger partial charge in [0, 0.05) is 16.5 Å². The van der Waals surface area contributed by atoms with Crippen LogP contribution in [0.15, 0.2) is 52.3 Å². The normalized spacial score (nSPS) is 19.8. The molecule has 202 valence electrons. The first-order chi connectivity index (χ1) is 18.7. The maximum Gasteiger partial charge on any atom is 0.323 e. The number of carbonyl (C=O) groups is 4. The van der Waals surface area contributed by atoms with Gasteiger partial charge in [-0.2, -0.15) is 0 Å². The van der Waals surface area contributed by atoms with E-state index in [0.717, 1.165) is 33.6 Å². The van der Waals surface area contributed by atoms with Gasteiger partial charge in [0.15, 0.2) is 18.1 Å². The number of likely N-dealkylation sites (tertiary alicyclic amines) is 1. The Morgan fingerprint density at radius 3 is 2.62 bits per heavy atom. The Hall–Kier alpha value is -4.10. The quantitative estimate of drug-likeness (QED) is 0.347. The summed E-state index contributed by atoms with van der Waals surface area (Å²) in [5.74, 6) is -3.91. The highest BCUT2D eigenvalue weighted by atomic mass is 32.2. The molecule has 3 amide bonds. The summed E-state index contributed by atoms with van der Waals surface area (Å²) >= 11 is 2.00. The number of aromatic nitrogens is 1. The number of H-pyrrole nitrogens is 1. The predicted molar refractivity (Wildman–Crippen MR) is 143 cm³/mol. The highest BCUT2D eigenvalue weighted by Crippen LogP contribution is 2.53. The molecule has 0 radical (unpaired) electrons. The fourth-order valence-corrected chi connectivity index (χ4v) is 7.32. The molecule has 5 rings (SSSR count). The molecule has 3 aromatic rings. The van der Waals surface area contributed by atoms with Gasteiger partial charge in [0.25, 0.3) is 5.91 Å². The lowest BCUT2D eigenvalue weighted by molar-refractivity contribution is -0.149. The van der Waals surface area contributed by atoms with Crippen molar-refractivity contribution in [1.29, 1.82) is 0 Å². The van der Waals surface area contributed by atoms with Crippen LogP contribution < -0.4 is 19.7 Å². The van der Waals surface area contributed by atoms with Crippen molar-refractivity contribution < 1.29 is 33.8 Å². The lowest BCUT2D eigenvalue weighted by atomic mass is 9.83. The summed E-state index contributed by atoms with van der Waals surface area (Å²) in [4.78, 5) is 66.0. The molecule has 11 nitrogen and oxygen atoms in total. The zero-order chi connectivity index (χ0) is 27.8. The van der Waals surface area contributed by atoms with Crippen molar-refractivity contribution in [3.63, 3.8) is 0 Å². The number of carboxylic acids is 1. The average molecular weight is 570 g/mol. The highest BCUT2D eigenvalue weighted by molar-refractivity contribution is 8.00. The van der Waals surface area contributed by atoms with Crippen molar-refractivity contribution in [2.45, 2.75) is 23.1 Å². The molecule has 1 saturated heterocycles. The third kappa shape index (κ3) is 5.14. The number of nitrogens with one attached hydrogen (secondary N) is 2. The largest absolute Gasteiger partial charge is 0.493 e. The number of ether oxygens (including phenoxy) is 2. The van der Waals surface area contributed by atoms with Crippen molar-refractivity contribution in [2.75, 3.05) is 25.6 Å². The van der Waals surface area contributed by atoms with Crippen LogP contribution in [0.25, 0.3) is 0 Å². The van der Waals surface area contributed by atoms with Gasteiger partial charge in [-0.05, 0) is 42.3 Å². The molecule has 1 aromatic heterocycles. The first kappa shape index (κ1) is 26.5. The number of aliphatic carboxylic acids is 1. The molecule has 3 N–H and O–H groups in total. The van der Waals surface area contributed by atoms with E-state index in [-0.39, 0.29) is 28.9 Å². The predicted octanol–water partition coefficient (Wildman–Crippen LogP) is 2.45. The van der Waals surface area contributed by atoms with E-state index in [1.807, 2.05) is 25.1 Å². The van der Waals surface area contributed by atoms with Gasteiger partial charge in [0.2, 0.25) is 11.8 Å². The fraction of sp³-hybridized carbons (Fsp3) is 0.269. The van der Waals surface area contributed by atoms with Crippen molar-refractivity contribution in [3.05, 3.63) is 68.1 Å². The number of hydrogen-bond donors (Lipinski definition) is 3. The molecule has 13 heteroatoms. The molecule has 0 bridgehead atoms. The van der Waals surface area contributed by atoms with Crippen LogP contribution in [0.1, 0.15) is 21.9 Å². The number of aromatic amines is 1. The summed E-state index contributed by atoms with van der Waals surface area (Å²) in [5.41, 5.74) is 2.22. The van der Waals surface area contributed by atoms with Crippen LogP contribution in [0.2, 0.25) is 0 Å². The summed E-state index contributed by atoms with van der Waals surface area (Å²) in [7, 11) is 1.43. The zero-order valence-electron chi connectivity index (χ0n) is 20.8. The van der Waals surface area contributed by atoms with Gasteiger partial charge >= 0.3 is 10.8 Å². The highest BCUT2D eigenvalue weighted by Gasteiger charge is 2.56. The zero-order valence-corrected chi connectivity index (χ0v) is 22.4. The number of amides is 3. The second kappa shape index (κ2) is 10.6. The number of thiazole rings is 1. The minimum atomic E-state index is -1.30. The fourth-order valence-electron chi connectivity index (χ4n) is 4.78. The monoisotopic (exact) mass is 569 g/mol. The Morgan fingerprint density at radius 1 is 1.10 bits per heavy atom. The summed E-state index contributed by atoms with van der Waals surface area (Å²) < 4.78 is 11.2. The molecule has 2 aliphatic rings. The Labute approximate surface area is 230 Å². The Bertz CT molecular complexity index is 1550. The molecule has 2 aliphatic heterocycles. The first-order valence-electron chi connectivity index (χ1n) is 11.8. The molecule has 1 fully saturated rings. The van der Waals surface area contributed by atoms with Gasteiger partial charge in [-0.3, -0.25) is 28.9 Å². The second-order valence-electron chi connectivity index (χ2n) is 9.02. The Kier molecular flexibility index (Phi) is 7.19. The minimum Gasteiger partial charge on any atom is -0.493 e. The Balaban J connectivity index is 1.42. The van der Waals surface area contributed by atoms with E-state index in [1.54, 1.807) is 24.3 Å². The number of carbonyl (C=O) groups excluding carboxylic acids is 3. The number of carboxylic acid groups (broad SMARTS) is 1. The van der Waals surface area contributed by atoms with E-state index in [4.69, 9.17) is 9.47 Å². The topological polar surface area (TPSA) is 155 Å². The molecule has 3 atom stereocenters. The summed E-state index contributed by atoms with van der Waals surface area (Å²) in [5, 5.41) is 11.6. The van der Waals surface area contributed by atoms with E-state index < -0.39 is 41.4 Å². The van der Waals surface area contributed by atoms with Crippen LogP contribution in [0.3, 0.4) is 0 Å². The van der Waals surface area contributed by atoms with E-state index in [0.29, 0.717) is 21.2 Å². The molecule has 2 aromatic carbocycles. The molecule has 0 aliphatic carbocycles. The van der Waals surface area contributed by atoms with Crippen LogP contribution in [-0.2, 0) is 19.2 Å². The van der Waals surface area contributed by atoms with Crippen molar-refractivity contribution in [1.82, 2.24) is 9.88 Å². The van der Waals surface area contributed by atoms with Crippen LogP contribution >= 0.6 is 23.1 Å². The van der Waals surface area contributed by atoms with E-state index in [2.05, 4.69) is 10.3 Å². The molecule has 0 spiro atoms. The number of thioether (sulfide) groups is 1. The maximum atomic E-state index is 13.3. The maximum absolute atomic E-state index is 13.3. The first-order valence-corrected chi connectivity index (χ1v) is 13.5. The van der Waals surface area contributed by atoms with E-state index in [1.165, 1.54) is 7.11 Å². The molecule has 39 heavy (non-hydrogen) atoms. The molecular weight excluding hydrogens is 546 g/mol. The van der Waals surface area contributed by atoms with Crippen molar-refractivity contribution >= 4 is 52.5 Å². The third-order valence-corrected chi connectivity index (χ3v) is 8.82. The number of anilines is 1. The molecular formula is C26H23N3O8S2. The molecule has 3 heterocycles. The number of methoxy groups -OCH3 is 1. The number of aryl methyl sites for hydroxylation is 1. The van der Waals surface area contributed by atoms with Crippen molar-refractivity contribution in [3.8, 4) is 11.5 Å². The lowest BCUT2D eigenvalue weighted by Crippen LogP contribution is -2.36. The number of benzene rings is 2.